The molecule has 0 bridgehead atoms. The van der Waals surface area contributed by atoms with Crippen LogP contribution >= 0.6 is 11.8 Å². The first-order valence-electron chi connectivity index (χ1n) is 6.23. The lowest BCUT2D eigenvalue weighted by molar-refractivity contribution is 0.183. The zero-order valence-corrected chi connectivity index (χ0v) is 13.0. The van der Waals surface area contributed by atoms with Crippen LogP contribution < -0.4 is 4.74 Å². The number of hydrogen-bond acceptors (Lipinski definition) is 6. The highest BCUT2D eigenvalue weighted by molar-refractivity contribution is 8.15. The molecule has 0 aromatic heterocycles. The van der Waals surface area contributed by atoms with Crippen LogP contribution in [0.4, 0.5) is 4.79 Å². The molecular weight excluding hydrogens is 292 g/mol. The molecule has 7 heteroatoms. The van der Waals surface area contributed by atoms with Crippen LogP contribution in [-0.4, -0.2) is 41.9 Å². The number of nitrogens with one attached hydrogen (secondary N) is 1. The van der Waals surface area contributed by atoms with Gasteiger partial charge in [-0.3, -0.25) is 5.41 Å². The SMILES string of the molecule is CCOc1cc(CO)cc(C(=N)C(=NC(=O)OC)SC)c1. The average Bonchev–Trinajstić information content (AvgIpc) is 2.51. The van der Waals surface area contributed by atoms with Crippen molar-refractivity contribution in [2.75, 3.05) is 20.0 Å². The lowest BCUT2D eigenvalue weighted by Gasteiger charge is -2.10. The van der Waals surface area contributed by atoms with Gasteiger partial charge in [0.2, 0.25) is 0 Å². The van der Waals surface area contributed by atoms with Gasteiger partial charge >= 0.3 is 6.09 Å². The van der Waals surface area contributed by atoms with Crippen molar-refractivity contribution >= 4 is 28.6 Å². The van der Waals surface area contributed by atoms with Crippen LogP contribution in [0.1, 0.15) is 18.1 Å². The third-order valence-corrected chi connectivity index (χ3v) is 3.21. The highest BCUT2D eigenvalue weighted by Crippen LogP contribution is 2.20. The summed E-state index contributed by atoms with van der Waals surface area (Å²) >= 11 is 1.17. The Bertz CT molecular complexity index is 558. The molecule has 1 aromatic rings. The molecule has 1 rings (SSSR count). The number of thioether (sulfide) groups is 1. The predicted octanol–water partition coefficient (Wildman–Crippen LogP) is 2.47. The number of aliphatic hydroxyl groups excluding tert-OH is 1. The molecule has 0 fully saturated rings. The largest absolute Gasteiger partial charge is 0.494 e. The third kappa shape index (κ3) is 4.87. The van der Waals surface area contributed by atoms with Gasteiger partial charge in [0.05, 0.1) is 26.0 Å². The van der Waals surface area contributed by atoms with E-state index in [1.807, 2.05) is 6.92 Å². The maximum Gasteiger partial charge on any atom is 0.434 e. The number of ether oxygens (including phenoxy) is 2. The van der Waals surface area contributed by atoms with Gasteiger partial charge in [-0.1, -0.05) is 0 Å². The molecule has 0 heterocycles. The highest BCUT2D eigenvalue weighted by Gasteiger charge is 2.13. The number of hydrogen-bond donors (Lipinski definition) is 2. The van der Waals surface area contributed by atoms with Crippen LogP contribution in [0.5, 0.6) is 5.75 Å². The fourth-order valence-electron chi connectivity index (χ4n) is 1.60. The van der Waals surface area contributed by atoms with Gasteiger partial charge in [0, 0.05) is 5.56 Å². The number of benzene rings is 1. The van der Waals surface area contributed by atoms with Crippen molar-refractivity contribution < 1.29 is 19.4 Å². The maximum atomic E-state index is 11.2. The van der Waals surface area contributed by atoms with Crippen molar-refractivity contribution in [2.45, 2.75) is 13.5 Å². The minimum absolute atomic E-state index is 0.0733. The number of aliphatic hydroxyl groups is 1. The van der Waals surface area contributed by atoms with Crippen molar-refractivity contribution in [1.82, 2.24) is 0 Å². The lowest BCUT2D eigenvalue weighted by Crippen LogP contribution is -2.14. The van der Waals surface area contributed by atoms with Gasteiger partial charge < -0.3 is 14.6 Å². The smallest absolute Gasteiger partial charge is 0.434 e. The van der Waals surface area contributed by atoms with Gasteiger partial charge in [-0.25, -0.2) is 4.79 Å². The van der Waals surface area contributed by atoms with Crippen LogP contribution in [0.2, 0.25) is 0 Å². The normalized spacial score (nSPS) is 11.1. The summed E-state index contributed by atoms with van der Waals surface area (Å²) in [5, 5.41) is 17.7. The lowest BCUT2D eigenvalue weighted by atomic mass is 10.1. The molecule has 0 aliphatic carbocycles. The zero-order valence-electron chi connectivity index (χ0n) is 12.2. The minimum Gasteiger partial charge on any atom is -0.494 e. The Morgan fingerprint density at radius 1 is 1.43 bits per heavy atom. The number of carbonyl (C=O) groups is 1. The molecule has 0 aliphatic rings. The molecular formula is C14H18N2O4S. The molecule has 0 spiro atoms. The average molecular weight is 310 g/mol. The van der Waals surface area contributed by atoms with E-state index < -0.39 is 6.09 Å². The maximum absolute atomic E-state index is 11.2. The Balaban J connectivity index is 3.18. The summed E-state index contributed by atoms with van der Waals surface area (Å²) < 4.78 is 9.88. The van der Waals surface area contributed by atoms with Crippen LogP contribution in [0.3, 0.4) is 0 Å². The molecule has 0 saturated carbocycles. The molecule has 1 aromatic carbocycles. The summed E-state index contributed by atoms with van der Waals surface area (Å²) in [5.74, 6) is 0.558. The van der Waals surface area contributed by atoms with E-state index >= 15 is 0 Å². The van der Waals surface area contributed by atoms with E-state index in [0.717, 1.165) is 0 Å². The van der Waals surface area contributed by atoms with Crippen molar-refractivity contribution in [3.8, 4) is 5.75 Å². The van der Waals surface area contributed by atoms with Gasteiger partial charge in [0.25, 0.3) is 0 Å². The first kappa shape index (κ1) is 17.2. The molecule has 6 nitrogen and oxygen atoms in total. The fraction of sp³-hybridized carbons (Fsp3) is 0.357. The summed E-state index contributed by atoms with van der Waals surface area (Å²) in [6, 6.07) is 5.04. The van der Waals surface area contributed by atoms with E-state index in [1.54, 1.807) is 24.5 Å². The molecule has 21 heavy (non-hydrogen) atoms. The first-order valence-corrected chi connectivity index (χ1v) is 7.45. The standard InChI is InChI=1S/C14H18N2O4S/c1-4-20-11-6-9(8-17)5-10(7-11)12(15)13(21-3)16-14(18)19-2/h5-7,15,17H,4,8H2,1-3H3. The monoisotopic (exact) mass is 310 g/mol. The van der Waals surface area contributed by atoms with E-state index in [1.165, 1.54) is 18.9 Å². The summed E-state index contributed by atoms with van der Waals surface area (Å²) in [6.45, 7) is 2.17. The Morgan fingerprint density at radius 2 is 2.14 bits per heavy atom. The van der Waals surface area contributed by atoms with Crippen molar-refractivity contribution in [3.63, 3.8) is 0 Å². The Kier molecular flexibility index (Phi) is 6.90. The minimum atomic E-state index is -0.757. The molecule has 0 radical (unpaired) electrons. The Labute approximate surface area is 127 Å². The number of nitrogens with zero attached hydrogens (tertiary/aromatic N) is 1. The van der Waals surface area contributed by atoms with Gasteiger partial charge in [0.1, 0.15) is 10.8 Å². The first-order chi connectivity index (χ1) is 10.0. The molecule has 0 unspecified atom stereocenters. The van der Waals surface area contributed by atoms with Crippen LogP contribution in [-0.2, 0) is 11.3 Å². The summed E-state index contributed by atoms with van der Waals surface area (Å²) in [7, 11) is 1.23. The van der Waals surface area contributed by atoms with Crippen LogP contribution in [0, 0.1) is 5.41 Å². The molecule has 114 valence electrons. The van der Waals surface area contributed by atoms with Gasteiger partial charge in [-0.2, -0.15) is 4.99 Å². The second kappa shape index (κ2) is 8.43. The van der Waals surface area contributed by atoms with E-state index in [2.05, 4.69) is 9.73 Å². The van der Waals surface area contributed by atoms with E-state index in [0.29, 0.717) is 23.5 Å². The molecule has 0 saturated heterocycles. The number of amides is 1. The zero-order chi connectivity index (χ0) is 15.8. The third-order valence-electron chi connectivity index (χ3n) is 2.52. The number of rotatable bonds is 5. The summed E-state index contributed by atoms with van der Waals surface area (Å²) in [4.78, 5) is 14.9. The highest BCUT2D eigenvalue weighted by atomic mass is 32.2. The molecule has 0 aliphatic heterocycles. The van der Waals surface area contributed by atoms with Gasteiger partial charge in [-0.05, 0) is 36.9 Å². The summed E-state index contributed by atoms with van der Waals surface area (Å²) in [6.07, 6.45) is 0.961. The van der Waals surface area contributed by atoms with Gasteiger partial charge in [-0.15, -0.1) is 11.8 Å². The molecule has 2 N–H and O–H groups in total. The van der Waals surface area contributed by atoms with E-state index in [-0.39, 0.29) is 17.4 Å². The second-order valence-corrected chi connectivity index (χ2v) is 4.72. The number of methoxy groups -OCH3 is 1. The van der Waals surface area contributed by atoms with Crippen molar-refractivity contribution in [3.05, 3.63) is 29.3 Å². The Morgan fingerprint density at radius 3 is 2.67 bits per heavy atom. The quantitative estimate of drug-likeness (QED) is 0.644. The van der Waals surface area contributed by atoms with Gasteiger partial charge in [0.15, 0.2) is 0 Å². The van der Waals surface area contributed by atoms with Crippen LogP contribution in [0.25, 0.3) is 0 Å². The fourth-order valence-corrected chi connectivity index (χ4v) is 2.09. The van der Waals surface area contributed by atoms with E-state index in [9.17, 15) is 9.90 Å². The number of aliphatic imine (C=N–C) groups is 1. The summed E-state index contributed by atoms with van der Waals surface area (Å²) in [5.41, 5.74) is 1.21. The number of carbonyl (C=O) groups excluding carboxylic acids is 1. The van der Waals surface area contributed by atoms with E-state index in [4.69, 9.17) is 10.1 Å². The van der Waals surface area contributed by atoms with Crippen molar-refractivity contribution in [1.29, 1.82) is 5.41 Å². The Hall–Kier alpha value is -1.86. The molecule has 0 atom stereocenters. The predicted molar refractivity (Wildman–Crippen MR) is 83.7 cm³/mol. The van der Waals surface area contributed by atoms with Crippen LogP contribution in [0.15, 0.2) is 23.2 Å². The topological polar surface area (TPSA) is 92.0 Å². The second-order valence-electron chi connectivity index (χ2n) is 3.92. The molecule has 1 amide bonds. The van der Waals surface area contributed by atoms with Crippen molar-refractivity contribution in [2.24, 2.45) is 4.99 Å².